The van der Waals surface area contributed by atoms with Gasteiger partial charge in [-0.05, 0) is 20.3 Å². The summed E-state index contributed by atoms with van der Waals surface area (Å²) in [5.41, 5.74) is -0.367. The van der Waals surface area contributed by atoms with Gasteiger partial charge in [-0.2, -0.15) is 0 Å². The Balaban J connectivity index is 1.82. The average molecular weight is 294 g/mol. The number of hydrogen-bond acceptors (Lipinski definition) is 5. The van der Waals surface area contributed by atoms with Gasteiger partial charge in [-0.15, -0.1) is 11.3 Å². The highest BCUT2D eigenvalue weighted by atomic mass is 32.1. The number of nitrogens with zero attached hydrogens (tertiary/aromatic N) is 2. The predicted octanol–water partition coefficient (Wildman–Crippen LogP) is 2.27. The molecule has 0 aromatic carbocycles. The maximum Gasteiger partial charge on any atom is 0.315 e. The SMILES string of the molecule is CC(C)(C(=O)O)c1csc(NCCCc2ncc[nH]2)n1. The van der Waals surface area contributed by atoms with Crippen molar-refractivity contribution in [1.29, 1.82) is 0 Å². The van der Waals surface area contributed by atoms with Crippen LogP contribution in [0, 0.1) is 0 Å². The van der Waals surface area contributed by atoms with E-state index < -0.39 is 11.4 Å². The maximum absolute atomic E-state index is 11.2. The van der Waals surface area contributed by atoms with E-state index >= 15 is 0 Å². The number of rotatable bonds is 7. The summed E-state index contributed by atoms with van der Waals surface area (Å²) in [6, 6.07) is 0. The first kappa shape index (κ1) is 14.5. The van der Waals surface area contributed by atoms with E-state index in [0.717, 1.165) is 30.3 Å². The second-order valence-electron chi connectivity index (χ2n) is 5.03. The molecule has 0 amide bonds. The Kier molecular flexibility index (Phi) is 4.39. The lowest BCUT2D eigenvalue weighted by Crippen LogP contribution is -2.28. The monoisotopic (exact) mass is 294 g/mol. The third-order valence-electron chi connectivity index (χ3n) is 3.10. The molecule has 108 valence electrons. The number of carbonyl (C=O) groups is 1. The summed E-state index contributed by atoms with van der Waals surface area (Å²) < 4.78 is 0. The summed E-state index contributed by atoms with van der Waals surface area (Å²) in [6.45, 7) is 4.09. The molecule has 0 spiro atoms. The second-order valence-corrected chi connectivity index (χ2v) is 5.89. The van der Waals surface area contributed by atoms with Crippen molar-refractivity contribution >= 4 is 22.4 Å². The largest absolute Gasteiger partial charge is 0.481 e. The Morgan fingerprint density at radius 1 is 1.55 bits per heavy atom. The van der Waals surface area contributed by atoms with Gasteiger partial charge in [0.1, 0.15) is 11.2 Å². The number of carboxylic acids is 1. The third kappa shape index (κ3) is 3.36. The van der Waals surface area contributed by atoms with E-state index in [0.29, 0.717) is 5.69 Å². The van der Waals surface area contributed by atoms with Gasteiger partial charge in [0.05, 0.1) is 5.69 Å². The Hall–Kier alpha value is -1.89. The summed E-state index contributed by atoms with van der Waals surface area (Å²) in [4.78, 5) is 22.7. The molecule has 0 aliphatic heterocycles. The van der Waals surface area contributed by atoms with Crippen LogP contribution in [0.5, 0.6) is 0 Å². The molecular formula is C13H18N4O2S. The number of aryl methyl sites for hydroxylation is 1. The Bertz CT molecular complexity index is 563. The normalized spacial score (nSPS) is 11.5. The van der Waals surface area contributed by atoms with Gasteiger partial charge in [0.15, 0.2) is 5.13 Å². The van der Waals surface area contributed by atoms with Crippen molar-refractivity contribution in [2.24, 2.45) is 0 Å². The molecule has 0 fully saturated rings. The minimum absolute atomic E-state index is 0.587. The van der Waals surface area contributed by atoms with Gasteiger partial charge >= 0.3 is 5.97 Å². The van der Waals surface area contributed by atoms with Crippen molar-refractivity contribution in [2.75, 3.05) is 11.9 Å². The first-order valence-electron chi connectivity index (χ1n) is 6.41. The first-order valence-corrected chi connectivity index (χ1v) is 7.29. The Labute approximate surface area is 121 Å². The lowest BCUT2D eigenvalue weighted by Gasteiger charge is -2.15. The minimum Gasteiger partial charge on any atom is -0.481 e. The van der Waals surface area contributed by atoms with Crippen molar-refractivity contribution in [3.63, 3.8) is 0 Å². The van der Waals surface area contributed by atoms with Crippen molar-refractivity contribution in [1.82, 2.24) is 15.0 Å². The Morgan fingerprint density at radius 3 is 3.00 bits per heavy atom. The molecule has 0 unspecified atom stereocenters. The fourth-order valence-electron chi connectivity index (χ4n) is 1.64. The summed E-state index contributed by atoms with van der Waals surface area (Å²) in [6.07, 6.45) is 5.36. The minimum atomic E-state index is -0.954. The zero-order valence-corrected chi connectivity index (χ0v) is 12.3. The van der Waals surface area contributed by atoms with Crippen LogP contribution in [0.25, 0.3) is 0 Å². The molecule has 2 heterocycles. The fourth-order valence-corrected chi connectivity index (χ4v) is 2.54. The number of anilines is 1. The van der Waals surface area contributed by atoms with E-state index in [2.05, 4.69) is 20.3 Å². The van der Waals surface area contributed by atoms with E-state index in [1.165, 1.54) is 11.3 Å². The number of imidazole rings is 1. The van der Waals surface area contributed by atoms with E-state index in [1.807, 2.05) is 6.20 Å². The van der Waals surface area contributed by atoms with Gasteiger partial charge < -0.3 is 15.4 Å². The Morgan fingerprint density at radius 2 is 2.35 bits per heavy atom. The lowest BCUT2D eigenvalue weighted by atomic mass is 9.90. The molecule has 0 aliphatic rings. The van der Waals surface area contributed by atoms with Gasteiger partial charge in [-0.3, -0.25) is 4.79 Å². The molecule has 3 N–H and O–H groups in total. The summed E-state index contributed by atoms with van der Waals surface area (Å²) in [5.74, 6) is 0.103. The van der Waals surface area contributed by atoms with Gasteiger partial charge in [0, 0.05) is 30.7 Å². The third-order valence-corrected chi connectivity index (χ3v) is 3.90. The number of nitrogens with one attached hydrogen (secondary N) is 2. The van der Waals surface area contributed by atoms with Gasteiger partial charge in [-0.1, -0.05) is 0 Å². The highest BCUT2D eigenvalue weighted by molar-refractivity contribution is 7.13. The number of aliphatic carboxylic acids is 1. The van der Waals surface area contributed by atoms with Crippen LogP contribution in [-0.2, 0) is 16.6 Å². The van der Waals surface area contributed by atoms with Gasteiger partial charge in [0.2, 0.25) is 0 Å². The standard InChI is InChI=1S/C13H18N4O2S/c1-13(2,11(18)19)9-8-20-12(17-9)16-5-3-4-10-14-6-7-15-10/h6-8H,3-5H2,1-2H3,(H,14,15)(H,16,17)(H,18,19). The molecule has 0 saturated carbocycles. The van der Waals surface area contributed by atoms with Crippen LogP contribution in [-0.4, -0.2) is 32.6 Å². The molecule has 2 aromatic rings. The van der Waals surface area contributed by atoms with Crippen LogP contribution in [0.3, 0.4) is 0 Å². The van der Waals surface area contributed by atoms with Crippen LogP contribution >= 0.6 is 11.3 Å². The molecule has 0 atom stereocenters. The molecule has 2 rings (SSSR count). The molecule has 0 bridgehead atoms. The molecule has 0 saturated heterocycles. The van der Waals surface area contributed by atoms with Crippen LogP contribution in [0.15, 0.2) is 17.8 Å². The van der Waals surface area contributed by atoms with Crippen molar-refractivity contribution in [3.05, 3.63) is 29.3 Å². The maximum atomic E-state index is 11.2. The smallest absolute Gasteiger partial charge is 0.315 e. The van der Waals surface area contributed by atoms with Gasteiger partial charge in [0.25, 0.3) is 0 Å². The van der Waals surface area contributed by atoms with Crippen LogP contribution < -0.4 is 5.32 Å². The first-order chi connectivity index (χ1) is 9.50. The number of aromatic nitrogens is 3. The molecule has 0 radical (unpaired) electrons. The van der Waals surface area contributed by atoms with E-state index in [1.54, 1.807) is 25.4 Å². The highest BCUT2D eigenvalue weighted by Gasteiger charge is 2.32. The number of H-pyrrole nitrogens is 1. The fraction of sp³-hybridized carbons (Fsp3) is 0.462. The van der Waals surface area contributed by atoms with Gasteiger partial charge in [-0.25, -0.2) is 9.97 Å². The van der Waals surface area contributed by atoms with Crippen molar-refractivity contribution in [3.8, 4) is 0 Å². The topological polar surface area (TPSA) is 90.9 Å². The second kappa shape index (κ2) is 6.04. The average Bonchev–Trinajstić information content (AvgIpc) is 3.06. The lowest BCUT2D eigenvalue weighted by molar-refractivity contribution is -0.142. The zero-order valence-electron chi connectivity index (χ0n) is 11.5. The quantitative estimate of drug-likeness (QED) is 0.681. The number of carboxylic acid groups (broad SMARTS) is 1. The van der Waals surface area contributed by atoms with Crippen LogP contribution in [0.2, 0.25) is 0 Å². The summed E-state index contributed by atoms with van der Waals surface area (Å²) in [7, 11) is 0. The molecule has 7 heteroatoms. The molecule has 6 nitrogen and oxygen atoms in total. The number of thiazole rings is 1. The number of aromatic amines is 1. The predicted molar refractivity (Wildman–Crippen MR) is 78.2 cm³/mol. The number of hydrogen-bond donors (Lipinski definition) is 3. The summed E-state index contributed by atoms with van der Waals surface area (Å²) >= 11 is 1.43. The van der Waals surface area contributed by atoms with Crippen molar-refractivity contribution in [2.45, 2.75) is 32.1 Å². The molecule has 0 aliphatic carbocycles. The van der Waals surface area contributed by atoms with E-state index in [-0.39, 0.29) is 0 Å². The van der Waals surface area contributed by atoms with Crippen molar-refractivity contribution < 1.29 is 9.90 Å². The van der Waals surface area contributed by atoms with Crippen LogP contribution in [0.4, 0.5) is 5.13 Å². The van der Waals surface area contributed by atoms with Crippen LogP contribution in [0.1, 0.15) is 31.8 Å². The summed E-state index contributed by atoms with van der Waals surface area (Å²) in [5, 5.41) is 14.9. The van der Waals surface area contributed by atoms with E-state index in [4.69, 9.17) is 5.11 Å². The zero-order chi connectivity index (χ0) is 14.6. The molecular weight excluding hydrogens is 276 g/mol. The highest BCUT2D eigenvalue weighted by Crippen LogP contribution is 2.27. The van der Waals surface area contributed by atoms with E-state index in [9.17, 15) is 4.79 Å². The molecule has 20 heavy (non-hydrogen) atoms. The molecule has 2 aromatic heterocycles.